The number of rotatable bonds is 8. The molecule has 0 saturated heterocycles. The number of nitrogens with one attached hydrogen (secondary N) is 2. The Morgan fingerprint density at radius 1 is 0.781 bits per heavy atom. The van der Waals surface area contributed by atoms with Crippen molar-refractivity contribution in [1.82, 2.24) is 0 Å². The molecule has 0 saturated carbocycles. The third-order valence-corrected chi connectivity index (χ3v) is 6.10. The zero-order valence-corrected chi connectivity index (χ0v) is 18.9. The fraction of sp³-hybridized carbons (Fsp3) is 0.174. The van der Waals surface area contributed by atoms with Crippen LogP contribution in [0.25, 0.3) is 0 Å². The number of benzene rings is 3. The molecule has 0 fully saturated rings. The molecule has 8 nitrogen and oxygen atoms in total. The van der Waals surface area contributed by atoms with Gasteiger partial charge in [-0.05, 0) is 42.8 Å². The summed E-state index contributed by atoms with van der Waals surface area (Å²) in [5.41, 5.74) is 1.89. The molecule has 32 heavy (non-hydrogen) atoms. The molecule has 0 heterocycles. The van der Waals surface area contributed by atoms with E-state index in [0.29, 0.717) is 22.6 Å². The Balaban J connectivity index is 1.90. The third-order valence-electron chi connectivity index (χ3n) is 4.74. The highest BCUT2D eigenvalue weighted by atomic mass is 32.2. The Labute approximate surface area is 187 Å². The predicted molar refractivity (Wildman–Crippen MR) is 122 cm³/mol. The molecular formula is C23H24N2O6S. The maximum absolute atomic E-state index is 13.0. The van der Waals surface area contributed by atoms with Crippen molar-refractivity contribution in [2.45, 2.75) is 11.8 Å². The monoisotopic (exact) mass is 456 g/mol. The van der Waals surface area contributed by atoms with E-state index in [9.17, 15) is 13.2 Å². The Kier molecular flexibility index (Phi) is 6.89. The van der Waals surface area contributed by atoms with Crippen LogP contribution in [0, 0.1) is 6.92 Å². The lowest BCUT2D eigenvalue weighted by molar-refractivity contribution is 0.102. The van der Waals surface area contributed by atoms with E-state index in [4.69, 9.17) is 14.2 Å². The van der Waals surface area contributed by atoms with Gasteiger partial charge in [0.15, 0.2) is 11.5 Å². The predicted octanol–water partition coefficient (Wildman–Crippen LogP) is 4.07. The SMILES string of the molecule is COc1cc(NC(=O)c2ccccc2)c(C)cc1NS(=O)(=O)c1ccc(OC)c(OC)c1. The van der Waals surface area contributed by atoms with E-state index in [2.05, 4.69) is 10.0 Å². The van der Waals surface area contributed by atoms with E-state index >= 15 is 0 Å². The van der Waals surface area contributed by atoms with Crippen LogP contribution in [-0.2, 0) is 10.0 Å². The van der Waals surface area contributed by atoms with Gasteiger partial charge < -0.3 is 19.5 Å². The molecular weight excluding hydrogens is 432 g/mol. The number of amides is 1. The molecule has 0 aliphatic heterocycles. The maximum atomic E-state index is 13.0. The zero-order valence-electron chi connectivity index (χ0n) is 18.1. The quantitative estimate of drug-likeness (QED) is 0.530. The summed E-state index contributed by atoms with van der Waals surface area (Å²) in [7, 11) is 0.362. The van der Waals surface area contributed by atoms with E-state index in [0.717, 1.165) is 0 Å². The second-order valence-electron chi connectivity index (χ2n) is 6.81. The molecule has 0 atom stereocenters. The number of hydrogen-bond donors (Lipinski definition) is 2. The van der Waals surface area contributed by atoms with Crippen LogP contribution in [0.15, 0.2) is 65.6 Å². The highest BCUT2D eigenvalue weighted by Crippen LogP contribution is 2.35. The first-order chi connectivity index (χ1) is 15.3. The van der Waals surface area contributed by atoms with Crippen molar-refractivity contribution >= 4 is 27.3 Å². The van der Waals surface area contributed by atoms with Gasteiger partial charge in [0.1, 0.15) is 5.75 Å². The van der Waals surface area contributed by atoms with Gasteiger partial charge in [-0.25, -0.2) is 8.42 Å². The molecule has 2 N–H and O–H groups in total. The van der Waals surface area contributed by atoms with E-state index in [1.165, 1.54) is 39.5 Å². The molecule has 0 aliphatic carbocycles. The number of hydrogen-bond acceptors (Lipinski definition) is 6. The Morgan fingerprint density at radius 2 is 1.44 bits per heavy atom. The van der Waals surface area contributed by atoms with Crippen LogP contribution in [0.2, 0.25) is 0 Å². The lowest BCUT2D eigenvalue weighted by Crippen LogP contribution is -2.15. The maximum Gasteiger partial charge on any atom is 0.262 e. The van der Waals surface area contributed by atoms with E-state index < -0.39 is 10.0 Å². The highest BCUT2D eigenvalue weighted by Gasteiger charge is 2.20. The molecule has 3 rings (SSSR count). The Bertz CT molecular complexity index is 1230. The summed E-state index contributed by atoms with van der Waals surface area (Å²) in [5.74, 6) is 0.674. The molecule has 0 aromatic heterocycles. The number of sulfonamides is 1. The summed E-state index contributed by atoms with van der Waals surface area (Å²) in [6.07, 6.45) is 0. The van der Waals surface area contributed by atoms with Gasteiger partial charge in [-0.3, -0.25) is 9.52 Å². The average molecular weight is 457 g/mol. The fourth-order valence-electron chi connectivity index (χ4n) is 3.04. The van der Waals surface area contributed by atoms with Gasteiger partial charge in [-0.15, -0.1) is 0 Å². The van der Waals surface area contributed by atoms with E-state index in [-0.39, 0.29) is 28.0 Å². The third kappa shape index (κ3) is 4.94. The first-order valence-electron chi connectivity index (χ1n) is 9.59. The minimum Gasteiger partial charge on any atom is -0.494 e. The lowest BCUT2D eigenvalue weighted by Gasteiger charge is -2.17. The first-order valence-corrected chi connectivity index (χ1v) is 11.1. The van der Waals surface area contributed by atoms with E-state index in [1.807, 2.05) is 6.07 Å². The van der Waals surface area contributed by atoms with Crippen LogP contribution >= 0.6 is 0 Å². The zero-order chi connectivity index (χ0) is 23.3. The molecule has 0 spiro atoms. The van der Waals surface area contributed by atoms with Gasteiger partial charge in [0, 0.05) is 23.4 Å². The molecule has 0 unspecified atom stereocenters. The number of carbonyl (C=O) groups is 1. The van der Waals surface area contributed by atoms with Gasteiger partial charge in [-0.1, -0.05) is 18.2 Å². The van der Waals surface area contributed by atoms with Crippen LogP contribution < -0.4 is 24.2 Å². The van der Waals surface area contributed by atoms with Crippen LogP contribution in [0.4, 0.5) is 11.4 Å². The van der Waals surface area contributed by atoms with Crippen LogP contribution in [0.1, 0.15) is 15.9 Å². The van der Waals surface area contributed by atoms with Gasteiger partial charge in [0.2, 0.25) is 0 Å². The highest BCUT2D eigenvalue weighted by molar-refractivity contribution is 7.92. The summed E-state index contributed by atoms with van der Waals surface area (Å²) in [5, 5.41) is 2.82. The van der Waals surface area contributed by atoms with Crippen LogP contribution in [0.5, 0.6) is 17.2 Å². The average Bonchev–Trinajstić information content (AvgIpc) is 2.80. The molecule has 3 aromatic carbocycles. The number of anilines is 2. The normalized spacial score (nSPS) is 10.9. The molecule has 1 amide bonds. The summed E-state index contributed by atoms with van der Waals surface area (Å²) >= 11 is 0. The van der Waals surface area contributed by atoms with Crippen molar-refractivity contribution in [3.63, 3.8) is 0 Å². The number of ether oxygens (including phenoxy) is 3. The van der Waals surface area contributed by atoms with Crippen molar-refractivity contribution in [2.75, 3.05) is 31.4 Å². The second-order valence-corrected chi connectivity index (χ2v) is 8.49. The standard InChI is InChI=1S/C23H24N2O6S/c1-15-12-19(25-32(27,28)17-10-11-20(29-2)22(13-17)31-4)21(30-3)14-18(15)24-23(26)16-8-6-5-7-9-16/h5-14,25H,1-4H3,(H,24,26). The summed E-state index contributed by atoms with van der Waals surface area (Å²) in [6, 6.07) is 16.2. The minimum absolute atomic E-state index is 0.00341. The fourth-order valence-corrected chi connectivity index (χ4v) is 4.12. The van der Waals surface area contributed by atoms with Gasteiger partial charge in [-0.2, -0.15) is 0 Å². The van der Waals surface area contributed by atoms with Crippen molar-refractivity contribution in [3.8, 4) is 17.2 Å². The van der Waals surface area contributed by atoms with Gasteiger partial charge >= 0.3 is 0 Å². The smallest absolute Gasteiger partial charge is 0.262 e. The lowest BCUT2D eigenvalue weighted by atomic mass is 10.1. The van der Waals surface area contributed by atoms with Gasteiger partial charge in [0.25, 0.3) is 15.9 Å². The summed E-state index contributed by atoms with van der Waals surface area (Å²) in [4.78, 5) is 12.5. The van der Waals surface area contributed by atoms with Crippen molar-refractivity contribution in [2.24, 2.45) is 0 Å². The van der Waals surface area contributed by atoms with E-state index in [1.54, 1.807) is 43.3 Å². The molecule has 9 heteroatoms. The minimum atomic E-state index is -3.95. The van der Waals surface area contributed by atoms with Crippen molar-refractivity contribution in [1.29, 1.82) is 0 Å². The summed E-state index contributed by atoms with van der Waals surface area (Å²) < 4.78 is 44.2. The second kappa shape index (κ2) is 9.61. The molecule has 0 radical (unpaired) electrons. The van der Waals surface area contributed by atoms with Gasteiger partial charge in [0.05, 0.1) is 31.9 Å². The first kappa shape index (κ1) is 23.0. The largest absolute Gasteiger partial charge is 0.494 e. The van der Waals surface area contributed by atoms with Crippen LogP contribution in [-0.4, -0.2) is 35.7 Å². The Hall–Kier alpha value is -3.72. The molecule has 0 aliphatic rings. The number of aryl methyl sites for hydroxylation is 1. The topological polar surface area (TPSA) is 103 Å². The molecule has 3 aromatic rings. The summed E-state index contributed by atoms with van der Waals surface area (Å²) in [6.45, 7) is 1.76. The van der Waals surface area contributed by atoms with Crippen LogP contribution in [0.3, 0.4) is 0 Å². The number of carbonyl (C=O) groups excluding carboxylic acids is 1. The van der Waals surface area contributed by atoms with Crippen molar-refractivity contribution < 1.29 is 27.4 Å². The Morgan fingerprint density at radius 3 is 2.06 bits per heavy atom. The molecule has 168 valence electrons. The molecule has 0 bridgehead atoms. The number of methoxy groups -OCH3 is 3. The van der Waals surface area contributed by atoms with Crippen molar-refractivity contribution in [3.05, 3.63) is 71.8 Å².